The van der Waals surface area contributed by atoms with Crippen LogP contribution in [-0.4, -0.2) is 33.0 Å². The molecule has 1 aliphatic rings. The molecule has 0 radical (unpaired) electrons. The van der Waals surface area contributed by atoms with Crippen molar-refractivity contribution in [2.45, 2.75) is 4.90 Å². The molecule has 0 aliphatic carbocycles. The summed E-state index contributed by atoms with van der Waals surface area (Å²) in [5, 5.41) is 0. The number of hydrogen-bond donors (Lipinski definition) is 1. The Morgan fingerprint density at radius 2 is 2.09 bits per heavy atom. The number of amides is 1. The van der Waals surface area contributed by atoms with E-state index in [2.05, 4.69) is 9.71 Å². The van der Waals surface area contributed by atoms with Gasteiger partial charge in [-0.15, -0.1) is 0 Å². The fourth-order valence-electron chi connectivity index (χ4n) is 2.04. The minimum absolute atomic E-state index is 0.0297. The summed E-state index contributed by atoms with van der Waals surface area (Å²) < 4.78 is 32.4. The van der Waals surface area contributed by atoms with Crippen molar-refractivity contribution in [3.63, 3.8) is 0 Å². The molecule has 0 spiro atoms. The van der Waals surface area contributed by atoms with Crippen molar-refractivity contribution in [2.75, 3.05) is 23.3 Å². The van der Waals surface area contributed by atoms with Gasteiger partial charge in [-0.05, 0) is 30.3 Å². The fraction of sp³-hybridized carbons (Fsp3) is 0.143. The summed E-state index contributed by atoms with van der Waals surface area (Å²) in [6.07, 6.45) is 1.49. The molecule has 1 N–H and O–H groups in total. The number of benzene rings is 1. The Morgan fingerprint density at radius 1 is 1.27 bits per heavy atom. The lowest BCUT2D eigenvalue weighted by Crippen LogP contribution is -2.35. The SMILES string of the molecule is CN1C(=O)COc2ccc(S(=O)(=O)Nc3ccccn3)cc21. The van der Waals surface area contributed by atoms with E-state index in [0.717, 1.165) is 0 Å². The molecule has 1 aliphatic heterocycles. The Labute approximate surface area is 127 Å². The minimum Gasteiger partial charge on any atom is -0.482 e. The van der Waals surface area contributed by atoms with Crippen molar-refractivity contribution in [1.82, 2.24) is 4.98 Å². The zero-order valence-corrected chi connectivity index (χ0v) is 12.5. The zero-order valence-electron chi connectivity index (χ0n) is 11.7. The van der Waals surface area contributed by atoms with Crippen LogP contribution in [0.1, 0.15) is 0 Å². The lowest BCUT2D eigenvalue weighted by atomic mass is 10.2. The third-order valence-corrected chi connectivity index (χ3v) is 4.58. The average molecular weight is 319 g/mol. The molecule has 7 nitrogen and oxygen atoms in total. The molecular weight excluding hydrogens is 306 g/mol. The highest BCUT2D eigenvalue weighted by Crippen LogP contribution is 2.33. The number of ether oxygens (including phenoxy) is 1. The molecule has 22 heavy (non-hydrogen) atoms. The molecule has 2 aromatic rings. The Bertz CT molecular complexity index is 821. The third kappa shape index (κ3) is 2.60. The van der Waals surface area contributed by atoms with E-state index in [1.165, 1.54) is 29.3 Å². The molecule has 0 saturated carbocycles. The number of carbonyl (C=O) groups excluding carboxylic acids is 1. The monoisotopic (exact) mass is 319 g/mol. The fourth-order valence-corrected chi connectivity index (χ4v) is 3.07. The minimum atomic E-state index is -3.79. The van der Waals surface area contributed by atoms with Crippen molar-refractivity contribution in [2.24, 2.45) is 0 Å². The second-order valence-corrected chi connectivity index (χ2v) is 6.37. The Kier molecular flexibility index (Phi) is 3.45. The Balaban J connectivity index is 1.97. The first-order chi connectivity index (χ1) is 10.5. The van der Waals surface area contributed by atoms with Gasteiger partial charge in [-0.25, -0.2) is 13.4 Å². The molecule has 3 rings (SSSR count). The number of carbonyl (C=O) groups is 1. The van der Waals surface area contributed by atoms with Crippen molar-refractivity contribution in [1.29, 1.82) is 0 Å². The van der Waals surface area contributed by atoms with Crippen LogP contribution in [-0.2, 0) is 14.8 Å². The van der Waals surface area contributed by atoms with Gasteiger partial charge < -0.3 is 9.64 Å². The number of likely N-dealkylation sites (N-methyl/N-ethyl adjacent to an activating group) is 1. The highest BCUT2D eigenvalue weighted by molar-refractivity contribution is 7.92. The normalized spacial score (nSPS) is 14.2. The van der Waals surface area contributed by atoms with E-state index in [1.54, 1.807) is 25.2 Å². The summed E-state index contributed by atoms with van der Waals surface area (Å²) in [4.78, 5) is 17.0. The van der Waals surface area contributed by atoms with E-state index in [1.807, 2.05) is 0 Å². The first-order valence-corrected chi connectivity index (χ1v) is 7.93. The third-order valence-electron chi connectivity index (χ3n) is 3.23. The zero-order chi connectivity index (χ0) is 15.7. The molecule has 1 aromatic heterocycles. The number of hydrogen-bond acceptors (Lipinski definition) is 5. The second kappa shape index (κ2) is 5.30. The Morgan fingerprint density at radius 3 is 2.82 bits per heavy atom. The van der Waals surface area contributed by atoms with Gasteiger partial charge in [-0.2, -0.15) is 0 Å². The van der Waals surface area contributed by atoms with Gasteiger partial charge in [0.05, 0.1) is 10.6 Å². The highest BCUT2D eigenvalue weighted by Gasteiger charge is 2.25. The van der Waals surface area contributed by atoms with E-state index in [-0.39, 0.29) is 23.2 Å². The standard InChI is InChI=1S/C14H13N3O4S/c1-17-11-8-10(5-6-12(11)21-9-14(17)18)22(19,20)16-13-4-2-3-7-15-13/h2-8H,9H2,1H3,(H,15,16). The van der Waals surface area contributed by atoms with Gasteiger partial charge >= 0.3 is 0 Å². The second-order valence-electron chi connectivity index (χ2n) is 4.69. The maximum absolute atomic E-state index is 12.4. The van der Waals surface area contributed by atoms with E-state index in [0.29, 0.717) is 11.4 Å². The van der Waals surface area contributed by atoms with Crippen LogP contribution in [0.3, 0.4) is 0 Å². The van der Waals surface area contributed by atoms with Crippen LogP contribution in [0.4, 0.5) is 11.5 Å². The van der Waals surface area contributed by atoms with Crippen molar-refractivity contribution in [3.8, 4) is 5.75 Å². The molecule has 0 bridgehead atoms. The van der Waals surface area contributed by atoms with Crippen LogP contribution in [0, 0.1) is 0 Å². The maximum Gasteiger partial charge on any atom is 0.264 e. The molecule has 2 heterocycles. The van der Waals surface area contributed by atoms with Gasteiger partial charge in [0.1, 0.15) is 11.6 Å². The molecule has 0 atom stereocenters. The largest absolute Gasteiger partial charge is 0.482 e. The average Bonchev–Trinajstić information content (AvgIpc) is 2.51. The summed E-state index contributed by atoms with van der Waals surface area (Å²) in [6, 6.07) is 9.28. The molecule has 0 unspecified atom stereocenters. The summed E-state index contributed by atoms with van der Waals surface area (Å²) >= 11 is 0. The summed E-state index contributed by atoms with van der Waals surface area (Å²) in [5.41, 5.74) is 0.417. The topological polar surface area (TPSA) is 88.6 Å². The van der Waals surface area contributed by atoms with Gasteiger partial charge in [0, 0.05) is 13.2 Å². The van der Waals surface area contributed by atoms with Gasteiger partial charge in [0.2, 0.25) is 0 Å². The predicted octanol–water partition coefficient (Wildman–Crippen LogP) is 1.24. The van der Waals surface area contributed by atoms with Gasteiger partial charge in [0.15, 0.2) is 6.61 Å². The molecule has 1 amide bonds. The van der Waals surface area contributed by atoms with Crippen LogP contribution in [0.5, 0.6) is 5.75 Å². The molecule has 0 fully saturated rings. The number of nitrogens with zero attached hydrogens (tertiary/aromatic N) is 2. The van der Waals surface area contributed by atoms with Crippen molar-refractivity contribution >= 4 is 27.4 Å². The van der Waals surface area contributed by atoms with Crippen molar-refractivity contribution in [3.05, 3.63) is 42.6 Å². The Hall–Kier alpha value is -2.61. The van der Waals surface area contributed by atoms with Crippen LogP contribution in [0.15, 0.2) is 47.5 Å². The van der Waals surface area contributed by atoms with Gasteiger partial charge in [0.25, 0.3) is 15.9 Å². The number of aromatic nitrogens is 1. The lowest BCUT2D eigenvalue weighted by Gasteiger charge is -2.26. The van der Waals surface area contributed by atoms with E-state index >= 15 is 0 Å². The number of pyridine rings is 1. The van der Waals surface area contributed by atoms with Crippen LogP contribution in [0.2, 0.25) is 0 Å². The van der Waals surface area contributed by atoms with Crippen molar-refractivity contribution < 1.29 is 17.9 Å². The first-order valence-electron chi connectivity index (χ1n) is 6.45. The van der Waals surface area contributed by atoms with E-state index < -0.39 is 10.0 Å². The molecular formula is C14H13N3O4S. The number of nitrogens with one attached hydrogen (secondary N) is 1. The van der Waals surface area contributed by atoms with Crippen LogP contribution < -0.4 is 14.4 Å². The molecule has 114 valence electrons. The number of sulfonamides is 1. The highest BCUT2D eigenvalue weighted by atomic mass is 32.2. The summed E-state index contributed by atoms with van der Waals surface area (Å²) in [5.74, 6) is 0.458. The smallest absolute Gasteiger partial charge is 0.264 e. The quantitative estimate of drug-likeness (QED) is 0.919. The first kappa shape index (κ1) is 14.3. The van der Waals surface area contributed by atoms with E-state index in [4.69, 9.17) is 4.74 Å². The molecule has 8 heteroatoms. The molecule has 0 saturated heterocycles. The van der Waals surface area contributed by atoms with Gasteiger partial charge in [-0.1, -0.05) is 6.07 Å². The number of anilines is 2. The number of fused-ring (bicyclic) bond motifs is 1. The number of rotatable bonds is 3. The predicted molar refractivity (Wildman–Crippen MR) is 80.4 cm³/mol. The summed E-state index contributed by atoms with van der Waals surface area (Å²) in [6.45, 7) is -0.0538. The molecule has 1 aromatic carbocycles. The lowest BCUT2D eigenvalue weighted by molar-refractivity contribution is -0.120. The van der Waals surface area contributed by atoms with Gasteiger partial charge in [-0.3, -0.25) is 9.52 Å². The van der Waals surface area contributed by atoms with Crippen LogP contribution >= 0.6 is 0 Å². The van der Waals surface area contributed by atoms with Crippen LogP contribution in [0.25, 0.3) is 0 Å². The maximum atomic E-state index is 12.4. The van der Waals surface area contributed by atoms with E-state index in [9.17, 15) is 13.2 Å². The summed E-state index contributed by atoms with van der Waals surface area (Å²) in [7, 11) is -2.22.